The lowest BCUT2D eigenvalue weighted by atomic mass is 10.0. The van der Waals surface area contributed by atoms with E-state index in [4.69, 9.17) is 0 Å². The summed E-state index contributed by atoms with van der Waals surface area (Å²) < 4.78 is 0. The van der Waals surface area contributed by atoms with Gasteiger partial charge >= 0.3 is 0 Å². The minimum absolute atomic E-state index is 0.894. The largest absolute Gasteiger partial charge is 0.151 e. The van der Waals surface area contributed by atoms with Crippen LogP contribution in [0.15, 0.2) is 64.8 Å². The van der Waals surface area contributed by atoms with E-state index < -0.39 is 0 Å². The molecule has 2 aromatic rings. The van der Waals surface area contributed by atoms with Crippen molar-refractivity contribution in [2.75, 3.05) is 11.5 Å². The van der Waals surface area contributed by atoms with E-state index in [1.54, 1.807) is 0 Å². The molecular formula is C36H58N2S2. The van der Waals surface area contributed by atoms with E-state index in [2.05, 4.69) is 63.0 Å². The van der Waals surface area contributed by atoms with Gasteiger partial charge in [-0.25, -0.2) is 0 Å². The Bertz CT molecular complexity index is 822. The third kappa shape index (κ3) is 20.6. The maximum atomic E-state index is 4.34. The van der Waals surface area contributed by atoms with Gasteiger partial charge in [0, 0.05) is 11.5 Å². The second kappa shape index (κ2) is 26.6. The van der Waals surface area contributed by atoms with Crippen molar-refractivity contribution in [2.45, 2.75) is 142 Å². The topological polar surface area (TPSA) is 24.7 Å². The summed E-state index contributed by atoms with van der Waals surface area (Å²) in [4.78, 5) is 0. The van der Waals surface area contributed by atoms with Gasteiger partial charge in [0.15, 0.2) is 0 Å². The first-order valence-electron chi connectivity index (χ1n) is 16.7. The van der Waals surface area contributed by atoms with Gasteiger partial charge in [-0.05, 0) is 55.5 Å². The Labute approximate surface area is 255 Å². The molecular weight excluding hydrogens is 525 g/mol. The van der Waals surface area contributed by atoms with Gasteiger partial charge in [0.05, 0.1) is 11.4 Å². The molecule has 224 valence electrons. The van der Waals surface area contributed by atoms with Crippen molar-refractivity contribution in [2.24, 2.45) is 10.2 Å². The molecule has 0 amide bonds. The van der Waals surface area contributed by atoms with Crippen molar-refractivity contribution in [1.29, 1.82) is 0 Å². The Hall–Kier alpha value is -1.26. The zero-order chi connectivity index (χ0) is 28.2. The Balaban J connectivity index is 1.27. The van der Waals surface area contributed by atoms with Crippen molar-refractivity contribution in [3.05, 3.63) is 60.2 Å². The van der Waals surface area contributed by atoms with E-state index in [9.17, 15) is 0 Å². The van der Waals surface area contributed by atoms with Gasteiger partial charge in [0.25, 0.3) is 0 Å². The summed E-state index contributed by atoms with van der Waals surface area (Å²) in [7, 11) is 4.24. The van der Waals surface area contributed by atoms with E-state index in [-0.39, 0.29) is 0 Å². The second-order valence-electron chi connectivity index (χ2n) is 11.3. The van der Waals surface area contributed by atoms with Gasteiger partial charge in [0.1, 0.15) is 0 Å². The summed E-state index contributed by atoms with van der Waals surface area (Å²) in [5.41, 5.74) is 3.23. The molecule has 2 aromatic carbocycles. The number of hydrogen-bond donors (Lipinski definition) is 0. The van der Waals surface area contributed by atoms with Crippen LogP contribution in [0.25, 0.3) is 0 Å². The maximum Gasteiger partial charge on any atom is 0.0857 e. The Kier molecular flexibility index (Phi) is 23.3. The van der Waals surface area contributed by atoms with Crippen molar-refractivity contribution in [3.8, 4) is 0 Å². The minimum Gasteiger partial charge on any atom is -0.151 e. The van der Waals surface area contributed by atoms with Crippen LogP contribution in [-0.4, -0.2) is 11.5 Å². The van der Waals surface area contributed by atoms with Crippen molar-refractivity contribution in [3.63, 3.8) is 0 Å². The number of hydrogen-bond acceptors (Lipinski definition) is 4. The lowest BCUT2D eigenvalue weighted by Gasteiger charge is -2.04. The molecule has 40 heavy (non-hydrogen) atoms. The Morgan fingerprint density at radius 1 is 0.425 bits per heavy atom. The van der Waals surface area contributed by atoms with Crippen LogP contribution < -0.4 is 0 Å². The number of azo groups is 1. The molecule has 0 bridgehead atoms. The van der Waals surface area contributed by atoms with Crippen molar-refractivity contribution >= 4 is 33.0 Å². The summed E-state index contributed by atoms with van der Waals surface area (Å²) in [5, 5.41) is 8.63. The molecule has 0 aromatic heterocycles. The first-order valence-corrected chi connectivity index (χ1v) is 19.2. The number of aryl methyl sites for hydroxylation is 1. The third-order valence-corrected chi connectivity index (χ3v) is 10.2. The summed E-state index contributed by atoms with van der Waals surface area (Å²) in [6.45, 7) is 2.30. The van der Waals surface area contributed by atoms with Gasteiger partial charge in [-0.2, -0.15) is 10.2 Å². The van der Waals surface area contributed by atoms with Gasteiger partial charge in [-0.15, -0.1) is 0 Å². The SMILES string of the molecule is CCCCCCCCCCCCSSCCCCCCCCCCCCc1ccc(N=Nc2ccccc2)cc1. The normalized spacial score (nSPS) is 11.5. The Morgan fingerprint density at radius 3 is 1.30 bits per heavy atom. The standard InChI is InChI=1S/C36H58N2S2/c1-2-3-4-5-6-7-11-14-17-23-32-39-40-33-24-18-15-12-9-8-10-13-16-20-25-34-28-30-36(31-29-34)38-37-35-26-21-19-22-27-35/h19,21-22,26-31H,2-18,20,23-25,32-33H2,1H3. The van der Waals surface area contributed by atoms with Crippen LogP contribution in [0.1, 0.15) is 141 Å². The fraction of sp³-hybridized carbons (Fsp3) is 0.667. The zero-order valence-corrected chi connectivity index (χ0v) is 27.3. The quantitative estimate of drug-likeness (QED) is 0.0594. The predicted octanol–water partition coefficient (Wildman–Crippen LogP) is 13.8. The van der Waals surface area contributed by atoms with E-state index in [0.717, 1.165) is 11.4 Å². The molecule has 0 unspecified atom stereocenters. The summed E-state index contributed by atoms with van der Waals surface area (Å²) in [6, 6.07) is 18.5. The van der Waals surface area contributed by atoms with Crippen molar-refractivity contribution < 1.29 is 0 Å². The minimum atomic E-state index is 0.894. The molecule has 2 nitrogen and oxygen atoms in total. The number of benzene rings is 2. The number of nitrogens with zero attached hydrogens (tertiary/aromatic N) is 2. The third-order valence-electron chi connectivity index (χ3n) is 7.58. The van der Waals surface area contributed by atoms with Crippen LogP contribution in [0.3, 0.4) is 0 Å². The molecule has 0 aliphatic rings. The lowest BCUT2D eigenvalue weighted by Crippen LogP contribution is -1.86. The van der Waals surface area contributed by atoms with Crippen LogP contribution in [-0.2, 0) is 6.42 Å². The second-order valence-corrected chi connectivity index (χ2v) is 14.0. The van der Waals surface area contributed by atoms with E-state index in [1.807, 2.05) is 30.3 Å². The molecule has 0 atom stereocenters. The van der Waals surface area contributed by atoms with Crippen LogP contribution >= 0.6 is 21.6 Å². The van der Waals surface area contributed by atoms with Crippen LogP contribution in [0.2, 0.25) is 0 Å². The molecule has 0 heterocycles. The number of rotatable bonds is 27. The summed E-state index contributed by atoms with van der Waals surface area (Å²) in [5.74, 6) is 2.71. The molecule has 0 aliphatic heterocycles. The average molecular weight is 583 g/mol. The smallest absolute Gasteiger partial charge is 0.0857 e. The van der Waals surface area contributed by atoms with E-state index in [1.165, 1.54) is 152 Å². The highest BCUT2D eigenvalue weighted by Gasteiger charge is 1.98. The highest BCUT2D eigenvalue weighted by atomic mass is 33.1. The molecule has 0 N–H and O–H groups in total. The first-order chi connectivity index (χ1) is 19.9. The van der Waals surface area contributed by atoms with Gasteiger partial charge in [-0.1, -0.05) is 168 Å². The Morgan fingerprint density at radius 2 is 0.825 bits per heavy atom. The van der Waals surface area contributed by atoms with Crippen LogP contribution in [0, 0.1) is 0 Å². The molecule has 0 saturated heterocycles. The number of unbranched alkanes of at least 4 members (excludes halogenated alkanes) is 18. The van der Waals surface area contributed by atoms with E-state index >= 15 is 0 Å². The summed E-state index contributed by atoms with van der Waals surface area (Å²) >= 11 is 0. The molecule has 0 aliphatic carbocycles. The van der Waals surface area contributed by atoms with Crippen LogP contribution in [0.5, 0.6) is 0 Å². The summed E-state index contributed by atoms with van der Waals surface area (Å²) in [6.07, 6.45) is 29.6. The van der Waals surface area contributed by atoms with Crippen molar-refractivity contribution in [1.82, 2.24) is 0 Å². The molecule has 0 spiro atoms. The maximum absolute atomic E-state index is 4.34. The highest BCUT2D eigenvalue weighted by Crippen LogP contribution is 2.25. The molecule has 4 heteroatoms. The first kappa shape index (κ1) is 34.9. The molecule has 0 radical (unpaired) electrons. The average Bonchev–Trinajstić information content (AvgIpc) is 2.99. The predicted molar refractivity (Wildman–Crippen MR) is 184 cm³/mol. The molecule has 2 rings (SSSR count). The van der Waals surface area contributed by atoms with E-state index in [0.29, 0.717) is 0 Å². The highest BCUT2D eigenvalue weighted by molar-refractivity contribution is 8.76. The fourth-order valence-electron chi connectivity index (χ4n) is 5.01. The molecule has 0 fully saturated rings. The monoisotopic (exact) mass is 582 g/mol. The van der Waals surface area contributed by atoms with Crippen LogP contribution in [0.4, 0.5) is 11.4 Å². The fourth-order valence-corrected chi connectivity index (χ4v) is 7.30. The van der Waals surface area contributed by atoms with Gasteiger partial charge in [0.2, 0.25) is 0 Å². The zero-order valence-electron chi connectivity index (χ0n) is 25.7. The van der Waals surface area contributed by atoms with Gasteiger partial charge < -0.3 is 0 Å². The molecule has 0 saturated carbocycles. The lowest BCUT2D eigenvalue weighted by molar-refractivity contribution is 0.557. The van der Waals surface area contributed by atoms with Gasteiger partial charge in [-0.3, -0.25) is 0 Å².